The van der Waals surface area contributed by atoms with Crippen molar-refractivity contribution in [2.45, 2.75) is 36.3 Å². The fraction of sp³-hybridized carbons (Fsp3) is 0.500. The van der Waals surface area contributed by atoms with Crippen LogP contribution < -0.4 is 4.72 Å². The molecular weight excluding hydrogens is 254 g/mol. The molecule has 2 unspecified atom stereocenters. The quantitative estimate of drug-likeness (QED) is 0.864. The Morgan fingerprint density at radius 1 is 1.39 bits per heavy atom. The Bertz CT molecular complexity index is 515. The van der Waals surface area contributed by atoms with Crippen molar-refractivity contribution in [2.24, 2.45) is 0 Å². The van der Waals surface area contributed by atoms with Gasteiger partial charge in [-0.2, -0.15) is 0 Å². The Kier molecular flexibility index (Phi) is 3.89. The predicted octanol–water partition coefficient (Wildman–Crippen LogP) is 1.24. The average molecular weight is 271 g/mol. The number of sulfonamides is 1. The van der Waals surface area contributed by atoms with Crippen molar-refractivity contribution >= 4 is 10.0 Å². The van der Waals surface area contributed by atoms with Gasteiger partial charge >= 0.3 is 0 Å². The van der Waals surface area contributed by atoms with Gasteiger partial charge in [0.15, 0.2) is 0 Å². The van der Waals surface area contributed by atoms with Gasteiger partial charge in [-0.3, -0.25) is 0 Å². The van der Waals surface area contributed by atoms with Gasteiger partial charge < -0.3 is 9.84 Å². The molecule has 2 rings (SSSR count). The maximum atomic E-state index is 12.1. The van der Waals surface area contributed by atoms with Gasteiger partial charge in [-0.05, 0) is 37.5 Å². The summed E-state index contributed by atoms with van der Waals surface area (Å²) in [6, 6.07) is 5.56. The molecule has 1 saturated carbocycles. The summed E-state index contributed by atoms with van der Waals surface area (Å²) in [4.78, 5) is 0.0865. The van der Waals surface area contributed by atoms with Crippen molar-refractivity contribution in [3.05, 3.63) is 24.3 Å². The molecule has 0 aliphatic heterocycles. The monoisotopic (exact) mass is 271 g/mol. The zero-order chi connectivity index (χ0) is 13.2. The summed E-state index contributed by atoms with van der Waals surface area (Å²) in [5.41, 5.74) is 0. The van der Waals surface area contributed by atoms with Crippen LogP contribution in [-0.4, -0.2) is 32.8 Å². The Morgan fingerprint density at radius 2 is 2.17 bits per heavy atom. The van der Waals surface area contributed by atoms with Crippen LogP contribution in [0.25, 0.3) is 0 Å². The maximum Gasteiger partial charge on any atom is 0.240 e. The molecule has 1 fully saturated rings. The Hall–Kier alpha value is -1.11. The molecule has 0 aromatic heterocycles. The van der Waals surface area contributed by atoms with E-state index < -0.39 is 10.0 Å². The minimum atomic E-state index is -3.56. The number of nitrogens with one attached hydrogen (secondary N) is 1. The molecule has 6 heteroatoms. The molecule has 2 N–H and O–H groups in total. The molecule has 0 heterocycles. The van der Waals surface area contributed by atoms with E-state index in [1.165, 1.54) is 24.3 Å². The van der Waals surface area contributed by atoms with Crippen molar-refractivity contribution in [3.63, 3.8) is 0 Å². The highest BCUT2D eigenvalue weighted by Gasteiger charge is 2.28. The number of hydrogen-bond donors (Lipinski definition) is 2. The minimum absolute atomic E-state index is 0.0564. The summed E-state index contributed by atoms with van der Waals surface area (Å²) in [7, 11) is -1.93. The van der Waals surface area contributed by atoms with Crippen LogP contribution in [-0.2, 0) is 14.8 Å². The fourth-order valence-electron chi connectivity index (χ4n) is 2.20. The molecule has 1 aromatic carbocycles. The second-order valence-electron chi connectivity index (χ2n) is 4.49. The van der Waals surface area contributed by atoms with Gasteiger partial charge in [0.1, 0.15) is 5.75 Å². The summed E-state index contributed by atoms with van der Waals surface area (Å²) in [6.07, 6.45) is 2.45. The molecule has 100 valence electrons. The lowest BCUT2D eigenvalue weighted by molar-refractivity contribution is 0.107. The number of rotatable bonds is 4. The van der Waals surface area contributed by atoms with E-state index in [2.05, 4.69) is 4.72 Å². The van der Waals surface area contributed by atoms with Crippen molar-refractivity contribution in [1.82, 2.24) is 4.72 Å². The third kappa shape index (κ3) is 3.01. The molecule has 1 aliphatic carbocycles. The van der Waals surface area contributed by atoms with E-state index in [4.69, 9.17) is 4.74 Å². The van der Waals surface area contributed by atoms with Gasteiger partial charge in [-0.25, -0.2) is 13.1 Å². The molecule has 5 nitrogen and oxygen atoms in total. The van der Waals surface area contributed by atoms with Crippen LogP contribution in [0.1, 0.15) is 19.3 Å². The summed E-state index contributed by atoms with van der Waals surface area (Å²) >= 11 is 0. The number of aromatic hydroxyl groups is 1. The van der Waals surface area contributed by atoms with Crippen LogP contribution in [0.4, 0.5) is 0 Å². The maximum absolute atomic E-state index is 12.1. The van der Waals surface area contributed by atoms with Gasteiger partial charge in [0, 0.05) is 13.2 Å². The Labute approximate surface area is 107 Å². The number of hydrogen-bond acceptors (Lipinski definition) is 4. The first-order valence-electron chi connectivity index (χ1n) is 5.85. The van der Waals surface area contributed by atoms with Crippen LogP contribution in [0, 0.1) is 0 Å². The first kappa shape index (κ1) is 13.3. The molecule has 0 radical (unpaired) electrons. The van der Waals surface area contributed by atoms with Crippen LogP contribution in [0.3, 0.4) is 0 Å². The van der Waals surface area contributed by atoms with Crippen molar-refractivity contribution in [2.75, 3.05) is 7.11 Å². The van der Waals surface area contributed by atoms with Crippen molar-refractivity contribution in [3.8, 4) is 5.75 Å². The zero-order valence-electron chi connectivity index (χ0n) is 10.2. The Balaban J connectivity index is 2.09. The second kappa shape index (κ2) is 5.26. The number of methoxy groups -OCH3 is 1. The number of phenolic OH excluding ortho intramolecular Hbond substituents is 1. The van der Waals surface area contributed by atoms with E-state index >= 15 is 0 Å². The molecule has 0 bridgehead atoms. The van der Waals surface area contributed by atoms with E-state index in [0.29, 0.717) is 6.42 Å². The predicted molar refractivity (Wildman–Crippen MR) is 66.9 cm³/mol. The van der Waals surface area contributed by atoms with Gasteiger partial charge in [0.05, 0.1) is 11.0 Å². The van der Waals surface area contributed by atoms with Gasteiger partial charge in [-0.1, -0.05) is 6.07 Å². The summed E-state index contributed by atoms with van der Waals surface area (Å²) in [6.45, 7) is 0. The number of phenols is 1. The lowest BCUT2D eigenvalue weighted by Crippen LogP contribution is -2.33. The lowest BCUT2D eigenvalue weighted by Gasteiger charge is -2.13. The second-order valence-corrected chi connectivity index (χ2v) is 6.20. The highest BCUT2D eigenvalue weighted by molar-refractivity contribution is 7.89. The molecule has 0 spiro atoms. The fourth-order valence-corrected chi connectivity index (χ4v) is 3.52. The molecule has 2 atom stereocenters. The highest BCUT2D eigenvalue weighted by atomic mass is 32.2. The first-order chi connectivity index (χ1) is 8.51. The largest absolute Gasteiger partial charge is 0.508 e. The molecule has 0 amide bonds. The molecule has 0 saturated heterocycles. The van der Waals surface area contributed by atoms with E-state index in [9.17, 15) is 13.5 Å². The van der Waals surface area contributed by atoms with Gasteiger partial charge in [0.25, 0.3) is 0 Å². The summed E-state index contributed by atoms with van der Waals surface area (Å²) < 4.78 is 32.0. The van der Waals surface area contributed by atoms with Crippen molar-refractivity contribution in [1.29, 1.82) is 0 Å². The zero-order valence-corrected chi connectivity index (χ0v) is 11.0. The minimum Gasteiger partial charge on any atom is -0.508 e. The normalized spacial score (nSPS) is 24.3. The topological polar surface area (TPSA) is 75.6 Å². The third-order valence-corrected chi connectivity index (χ3v) is 4.69. The van der Waals surface area contributed by atoms with Crippen molar-refractivity contribution < 1.29 is 18.3 Å². The molecular formula is C12H17NO4S. The standard InChI is InChI=1S/C12H17NO4S/c1-17-11-6-5-9(7-11)13-18(15,16)12-4-2-3-10(14)8-12/h2-4,8-9,11,13-14H,5-7H2,1H3. The highest BCUT2D eigenvalue weighted by Crippen LogP contribution is 2.24. The molecule has 1 aliphatic rings. The van der Waals surface area contributed by atoms with Crippen LogP contribution in [0.15, 0.2) is 29.2 Å². The lowest BCUT2D eigenvalue weighted by atomic mass is 10.3. The van der Waals surface area contributed by atoms with E-state index in [1.54, 1.807) is 7.11 Å². The summed E-state index contributed by atoms with van der Waals surface area (Å²) in [5.74, 6) is -0.0564. The summed E-state index contributed by atoms with van der Waals surface area (Å²) in [5, 5.41) is 9.31. The van der Waals surface area contributed by atoms with Gasteiger partial charge in [-0.15, -0.1) is 0 Å². The average Bonchev–Trinajstić information content (AvgIpc) is 2.76. The Morgan fingerprint density at radius 3 is 2.78 bits per heavy atom. The van der Waals surface area contributed by atoms with Crippen LogP contribution >= 0.6 is 0 Å². The van der Waals surface area contributed by atoms with E-state index in [1.807, 2.05) is 0 Å². The first-order valence-corrected chi connectivity index (χ1v) is 7.34. The van der Waals surface area contributed by atoms with Gasteiger partial charge in [0.2, 0.25) is 10.0 Å². The van der Waals surface area contributed by atoms with Crippen LogP contribution in [0.2, 0.25) is 0 Å². The van der Waals surface area contributed by atoms with E-state index in [-0.39, 0.29) is 22.8 Å². The molecule has 1 aromatic rings. The number of ether oxygens (including phenoxy) is 1. The SMILES string of the molecule is COC1CCC(NS(=O)(=O)c2cccc(O)c2)C1. The van der Waals surface area contributed by atoms with E-state index in [0.717, 1.165) is 12.8 Å². The van der Waals surface area contributed by atoms with Crippen LogP contribution in [0.5, 0.6) is 5.75 Å². The smallest absolute Gasteiger partial charge is 0.240 e. The number of benzene rings is 1. The third-order valence-electron chi connectivity index (χ3n) is 3.17. The molecule has 18 heavy (non-hydrogen) atoms.